The van der Waals surface area contributed by atoms with E-state index in [1.54, 1.807) is 23.1 Å². The number of amides is 1. The van der Waals surface area contributed by atoms with Crippen LogP contribution in [0.1, 0.15) is 6.42 Å². The Labute approximate surface area is 112 Å². The summed E-state index contributed by atoms with van der Waals surface area (Å²) in [6, 6.07) is 0. The Morgan fingerprint density at radius 1 is 1.16 bits per heavy atom. The average molecular weight is 262 g/mol. The predicted molar refractivity (Wildman–Crippen MR) is 71.6 cm³/mol. The molecule has 1 aliphatic heterocycles. The minimum atomic E-state index is -1.04. The molecule has 0 spiro atoms. The molecule has 0 unspecified atom stereocenters. The Morgan fingerprint density at radius 3 is 2.47 bits per heavy atom. The van der Waals surface area contributed by atoms with E-state index in [-0.39, 0.29) is 17.1 Å². The molecule has 0 aromatic carbocycles. The van der Waals surface area contributed by atoms with Gasteiger partial charge in [-0.2, -0.15) is 0 Å². The van der Waals surface area contributed by atoms with Crippen molar-refractivity contribution >= 4 is 11.9 Å². The third-order valence-corrected chi connectivity index (χ3v) is 3.40. The monoisotopic (exact) mass is 262 g/mol. The second-order valence-corrected chi connectivity index (χ2v) is 4.76. The molecule has 0 atom stereocenters. The number of piperazine rings is 1. The van der Waals surface area contributed by atoms with Crippen LogP contribution in [0.2, 0.25) is 0 Å². The van der Waals surface area contributed by atoms with E-state index in [4.69, 9.17) is 0 Å². The van der Waals surface area contributed by atoms with E-state index in [0.29, 0.717) is 19.5 Å². The summed E-state index contributed by atoms with van der Waals surface area (Å²) in [5.74, 6) is -1.23. The van der Waals surface area contributed by atoms with Crippen LogP contribution in [0, 0.1) is 0 Å². The number of carbonyl (C=O) groups excluding carboxylic acids is 1. The first-order chi connectivity index (χ1) is 9.09. The zero-order valence-corrected chi connectivity index (χ0v) is 11.0. The second kappa shape index (κ2) is 5.84. The van der Waals surface area contributed by atoms with Gasteiger partial charge in [-0.05, 0) is 19.5 Å². The molecule has 1 aliphatic carbocycles. The Balaban J connectivity index is 2.18. The predicted octanol–water partition coefficient (Wildman–Crippen LogP) is 0.658. The summed E-state index contributed by atoms with van der Waals surface area (Å²) in [4.78, 5) is 27.5. The van der Waals surface area contributed by atoms with Crippen molar-refractivity contribution in [3.63, 3.8) is 0 Å². The van der Waals surface area contributed by atoms with E-state index in [0.717, 1.165) is 13.1 Å². The third-order valence-electron chi connectivity index (χ3n) is 3.40. The molecule has 0 aromatic rings. The van der Waals surface area contributed by atoms with Gasteiger partial charge in [0.2, 0.25) is 0 Å². The SMILES string of the molecule is CN1CCN(C(=O)C2=CC=CCC=C2C(=O)O)CC1. The first-order valence-electron chi connectivity index (χ1n) is 6.38. The van der Waals surface area contributed by atoms with E-state index in [1.165, 1.54) is 0 Å². The first kappa shape index (κ1) is 13.5. The fourth-order valence-electron chi connectivity index (χ4n) is 2.20. The minimum absolute atomic E-state index is 0.105. The Morgan fingerprint density at radius 2 is 1.84 bits per heavy atom. The number of hydrogen-bond donors (Lipinski definition) is 1. The third kappa shape index (κ3) is 3.12. The van der Waals surface area contributed by atoms with Crippen molar-refractivity contribution in [3.8, 4) is 0 Å². The van der Waals surface area contributed by atoms with E-state index in [1.807, 2.05) is 13.1 Å². The molecule has 0 aromatic heterocycles. The molecular weight excluding hydrogens is 244 g/mol. The highest BCUT2D eigenvalue weighted by Crippen LogP contribution is 2.18. The first-order valence-corrected chi connectivity index (χ1v) is 6.38. The van der Waals surface area contributed by atoms with Crippen LogP contribution in [0.5, 0.6) is 0 Å². The quantitative estimate of drug-likeness (QED) is 0.794. The van der Waals surface area contributed by atoms with Crippen LogP contribution in [-0.4, -0.2) is 60.0 Å². The summed E-state index contributed by atoms with van der Waals surface area (Å²) < 4.78 is 0. The number of likely N-dealkylation sites (N-methyl/N-ethyl adjacent to an activating group) is 1. The molecule has 2 rings (SSSR count). The topological polar surface area (TPSA) is 60.9 Å². The highest BCUT2D eigenvalue weighted by molar-refractivity contribution is 6.08. The van der Waals surface area contributed by atoms with Crippen molar-refractivity contribution in [1.29, 1.82) is 0 Å². The summed E-state index contributed by atoms with van der Waals surface area (Å²) in [5.41, 5.74) is 0.389. The van der Waals surface area contributed by atoms with E-state index >= 15 is 0 Å². The summed E-state index contributed by atoms with van der Waals surface area (Å²) >= 11 is 0. The maximum atomic E-state index is 12.4. The van der Waals surface area contributed by atoms with Crippen LogP contribution < -0.4 is 0 Å². The molecule has 102 valence electrons. The fraction of sp³-hybridized carbons (Fsp3) is 0.429. The fourth-order valence-corrected chi connectivity index (χ4v) is 2.20. The number of carbonyl (C=O) groups is 2. The number of carboxylic acids is 1. The van der Waals surface area contributed by atoms with Crippen molar-refractivity contribution < 1.29 is 14.7 Å². The van der Waals surface area contributed by atoms with Crippen LogP contribution in [0.15, 0.2) is 35.5 Å². The van der Waals surface area contributed by atoms with E-state index < -0.39 is 5.97 Å². The largest absolute Gasteiger partial charge is 0.478 e. The Bertz CT molecular complexity index is 469. The average Bonchev–Trinajstić information content (AvgIpc) is 2.64. The van der Waals surface area contributed by atoms with Crippen LogP contribution in [-0.2, 0) is 9.59 Å². The van der Waals surface area contributed by atoms with Gasteiger partial charge >= 0.3 is 5.97 Å². The molecule has 1 amide bonds. The van der Waals surface area contributed by atoms with Gasteiger partial charge in [-0.25, -0.2) is 4.79 Å². The molecule has 0 bridgehead atoms. The van der Waals surface area contributed by atoms with Crippen molar-refractivity contribution in [2.24, 2.45) is 0 Å². The summed E-state index contributed by atoms with van der Waals surface area (Å²) in [6.07, 6.45) is 7.32. The molecule has 1 fully saturated rings. The molecule has 5 nitrogen and oxygen atoms in total. The highest BCUT2D eigenvalue weighted by Gasteiger charge is 2.26. The lowest BCUT2D eigenvalue weighted by atomic mass is 10.0. The van der Waals surface area contributed by atoms with Gasteiger partial charge in [0, 0.05) is 26.2 Å². The molecule has 0 saturated carbocycles. The number of carboxylic acid groups (broad SMARTS) is 1. The van der Waals surface area contributed by atoms with Crippen LogP contribution in [0.25, 0.3) is 0 Å². The Hall–Kier alpha value is -1.88. The van der Waals surface area contributed by atoms with Gasteiger partial charge in [0.05, 0.1) is 11.1 Å². The smallest absolute Gasteiger partial charge is 0.336 e. The normalized spacial score (nSPS) is 20.6. The summed E-state index contributed by atoms with van der Waals surface area (Å²) in [7, 11) is 2.01. The maximum absolute atomic E-state index is 12.4. The van der Waals surface area contributed by atoms with Crippen molar-refractivity contribution in [2.45, 2.75) is 6.42 Å². The summed E-state index contributed by atoms with van der Waals surface area (Å²) in [5, 5.41) is 9.21. The summed E-state index contributed by atoms with van der Waals surface area (Å²) in [6.45, 7) is 2.93. The molecule has 0 radical (unpaired) electrons. The number of allylic oxidation sites excluding steroid dienone is 4. The van der Waals surface area contributed by atoms with Crippen molar-refractivity contribution in [2.75, 3.05) is 33.2 Å². The lowest BCUT2D eigenvalue weighted by molar-refractivity contribution is -0.134. The minimum Gasteiger partial charge on any atom is -0.478 e. The van der Waals surface area contributed by atoms with Gasteiger partial charge in [-0.3, -0.25) is 4.79 Å². The number of aliphatic carboxylic acids is 1. The van der Waals surface area contributed by atoms with Gasteiger partial charge < -0.3 is 14.9 Å². The van der Waals surface area contributed by atoms with Crippen LogP contribution in [0.3, 0.4) is 0 Å². The lowest BCUT2D eigenvalue weighted by Gasteiger charge is -2.33. The number of hydrogen-bond acceptors (Lipinski definition) is 3. The van der Waals surface area contributed by atoms with Gasteiger partial charge in [0.25, 0.3) is 5.91 Å². The standard InChI is InChI=1S/C14H18N2O3/c1-15-7-9-16(10-8-15)13(17)11-5-3-2-4-6-12(11)14(18)19/h2-3,5-6H,4,7-10H2,1H3,(H,18,19). The molecule has 1 N–H and O–H groups in total. The lowest BCUT2D eigenvalue weighted by Crippen LogP contribution is -2.47. The molecule has 1 heterocycles. The highest BCUT2D eigenvalue weighted by atomic mass is 16.4. The number of nitrogens with zero attached hydrogens (tertiary/aromatic N) is 2. The second-order valence-electron chi connectivity index (χ2n) is 4.76. The van der Waals surface area contributed by atoms with Gasteiger partial charge in [0.15, 0.2) is 0 Å². The van der Waals surface area contributed by atoms with Crippen molar-refractivity contribution in [3.05, 3.63) is 35.5 Å². The molecular formula is C14H18N2O3. The maximum Gasteiger partial charge on any atom is 0.336 e. The molecule has 2 aliphatic rings. The van der Waals surface area contributed by atoms with Gasteiger partial charge in [-0.1, -0.05) is 18.2 Å². The van der Waals surface area contributed by atoms with Crippen molar-refractivity contribution in [1.82, 2.24) is 9.80 Å². The van der Waals surface area contributed by atoms with E-state index in [2.05, 4.69) is 4.90 Å². The van der Waals surface area contributed by atoms with Crippen LogP contribution >= 0.6 is 0 Å². The number of rotatable bonds is 2. The molecule has 1 saturated heterocycles. The van der Waals surface area contributed by atoms with Crippen LogP contribution in [0.4, 0.5) is 0 Å². The van der Waals surface area contributed by atoms with Gasteiger partial charge in [0.1, 0.15) is 0 Å². The Kier molecular flexibility index (Phi) is 4.16. The van der Waals surface area contributed by atoms with E-state index in [9.17, 15) is 14.7 Å². The zero-order chi connectivity index (χ0) is 13.8. The molecule has 19 heavy (non-hydrogen) atoms. The molecule has 5 heteroatoms. The van der Waals surface area contributed by atoms with Gasteiger partial charge in [-0.15, -0.1) is 0 Å². The zero-order valence-electron chi connectivity index (χ0n) is 11.0.